The number of hydrogen-bond acceptors (Lipinski definition) is 5. The summed E-state index contributed by atoms with van der Waals surface area (Å²) < 4.78 is 0. The van der Waals surface area contributed by atoms with Crippen molar-refractivity contribution in [2.75, 3.05) is 15.5 Å². The van der Waals surface area contributed by atoms with Crippen LogP contribution in [0.2, 0.25) is 0 Å². The molecule has 3 N–H and O–H groups in total. The fourth-order valence-electron chi connectivity index (χ4n) is 3.06. The van der Waals surface area contributed by atoms with E-state index < -0.39 is 23.8 Å². The fourth-order valence-corrected chi connectivity index (χ4v) is 3.06. The van der Waals surface area contributed by atoms with Crippen molar-refractivity contribution >= 4 is 40.8 Å². The molecule has 148 valence electrons. The van der Waals surface area contributed by atoms with E-state index in [1.807, 2.05) is 0 Å². The second kappa shape index (κ2) is 7.97. The number of para-hydroxylation sites is 3. The zero-order chi connectivity index (χ0) is 21.1. The lowest BCUT2D eigenvalue weighted by Crippen LogP contribution is -2.59. The average Bonchev–Trinajstić information content (AvgIpc) is 2.64. The molecule has 0 spiro atoms. The molecule has 1 heterocycles. The largest absolute Gasteiger partial charge is 0.357 e. The Balaban J connectivity index is 1.90. The zero-order valence-corrected chi connectivity index (χ0v) is 16.0. The van der Waals surface area contributed by atoms with Crippen molar-refractivity contribution in [3.05, 3.63) is 66.4 Å². The van der Waals surface area contributed by atoms with Crippen molar-refractivity contribution in [2.24, 2.45) is 5.92 Å². The number of amides is 5. The lowest BCUT2D eigenvalue weighted by molar-refractivity contribution is -0.132. The Hall–Kier alpha value is -3.94. The molecule has 2 aromatic carbocycles. The van der Waals surface area contributed by atoms with Crippen molar-refractivity contribution in [3.63, 3.8) is 0 Å². The molecule has 3 rings (SSSR count). The Morgan fingerprint density at radius 2 is 1.59 bits per heavy atom. The number of hydrogen-bond donors (Lipinski definition) is 3. The summed E-state index contributed by atoms with van der Waals surface area (Å²) >= 11 is 0. The third-order valence-corrected chi connectivity index (χ3v) is 4.40. The van der Waals surface area contributed by atoms with E-state index in [-0.39, 0.29) is 11.6 Å². The van der Waals surface area contributed by atoms with E-state index in [1.54, 1.807) is 55.5 Å². The van der Waals surface area contributed by atoms with Crippen molar-refractivity contribution in [2.45, 2.75) is 13.8 Å². The van der Waals surface area contributed by atoms with Gasteiger partial charge in [0.2, 0.25) is 11.8 Å². The van der Waals surface area contributed by atoms with Crippen LogP contribution in [0.4, 0.5) is 21.9 Å². The van der Waals surface area contributed by atoms with Gasteiger partial charge in [0.25, 0.3) is 5.91 Å². The average molecular weight is 392 g/mol. The van der Waals surface area contributed by atoms with Crippen LogP contribution in [-0.4, -0.2) is 23.8 Å². The molecule has 0 radical (unpaired) electrons. The van der Waals surface area contributed by atoms with Gasteiger partial charge in [-0.15, -0.1) is 0 Å². The lowest BCUT2D eigenvalue weighted by Gasteiger charge is -2.32. The Morgan fingerprint density at radius 1 is 1.00 bits per heavy atom. The van der Waals surface area contributed by atoms with Gasteiger partial charge < -0.3 is 10.6 Å². The van der Waals surface area contributed by atoms with Crippen LogP contribution in [-0.2, 0) is 14.4 Å². The van der Waals surface area contributed by atoms with Crippen molar-refractivity contribution in [1.82, 2.24) is 5.32 Å². The van der Waals surface area contributed by atoms with Crippen LogP contribution in [0.5, 0.6) is 0 Å². The van der Waals surface area contributed by atoms with Gasteiger partial charge in [0, 0.05) is 12.6 Å². The monoisotopic (exact) mass is 392 g/mol. The number of imide groups is 2. The number of benzene rings is 2. The molecule has 0 saturated carbocycles. The second-order valence-electron chi connectivity index (χ2n) is 6.56. The van der Waals surface area contributed by atoms with Crippen LogP contribution in [0.3, 0.4) is 0 Å². The molecule has 0 bridgehead atoms. The van der Waals surface area contributed by atoms with Gasteiger partial charge in [-0.3, -0.25) is 19.7 Å². The standard InChI is InChI=1S/C21H20N4O4/c1-12-8-4-7-11-17(12)25-20(28)18(19(27)24-21(25)29)13(2)22-15-9-5-6-10-16(15)23-14(3)26/h4-11,18,22H,2H2,1,3H3,(H,23,26)(H,24,27,29)/t18-/m1/s1. The fraction of sp³-hybridized carbons (Fsp3) is 0.143. The number of nitrogens with zero attached hydrogens (tertiary/aromatic N) is 1. The van der Waals surface area contributed by atoms with E-state index in [0.29, 0.717) is 22.6 Å². The number of urea groups is 1. The molecular weight excluding hydrogens is 372 g/mol. The van der Waals surface area contributed by atoms with Crippen LogP contribution < -0.4 is 20.9 Å². The first-order valence-electron chi connectivity index (χ1n) is 8.86. The first kappa shape index (κ1) is 19.8. The molecule has 0 aromatic heterocycles. The predicted molar refractivity (Wildman–Crippen MR) is 109 cm³/mol. The SMILES string of the molecule is C=C(Nc1ccccc1NC(C)=O)[C@@H]1C(=O)NC(=O)N(c2ccccc2C)C1=O. The third kappa shape index (κ3) is 4.01. The van der Waals surface area contributed by atoms with Crippen LogP contribution in [0.1, 0.15) is 12.5 Å². The van der Waals surface area contributed by atoms with Gasteiger partial charge in [0.05, 0.1) is 17.1 Å². The number of carbonyl (C=O) groups excluding carboxylic acids is 4. The summed E-state index contributed by atoms with van der Waals surface area (Å²) in [4.78, 5) is 50.2. The van der Waals surface area contributed by atoms with Crippen LogP contribution >= 0.6 is 0 Å². The maximum Gasteiger partial charge on any atom is 0.335 e. The van der Waals surface area contributed by atoms with Crippen LogP contribution in [0.25, 0.3) is 0 Å². The molecule has 29 heavy (non-hydrogen) atoms. The van der Waals surface area contributed by atoms with Gasteiger partial charge in [0.15, 0.2) is 5.92 Å². The predicted octanol–water partition coefficient (Wildman–Crippen LogP) is 2.78. The van der Waals surface area contributed by atoms with E-state index in [4.69, 9.17) is 0 Å². The minimum absolute atomic E-state index is 0.0800. The van der Waals surface area contributed by atoms with Crippen molar-refractivity contribution < 1.29 is 19.2 Å². The number of barbiturate groups is 1. The number of nitrogens with one attached hydrogen (secondary N) is 3. The van der Waals surface area contributed by atoms with Crippen molar-refractivity contribution in [1.29, 1.82) is 0 Å². The summed E-state index contributed by atoms with van der Waals surface area (Å²) in [6, 6.07) is 12.9. The molecular formula is C21H20N4O4. The molecule has 1 atom stereocenters. The number of rotatable bonds is 5. The van der Waals surface area contributed by atoms with Gasteiger partial charge in [-0.25, -0.2) is 9.69 Å². The third-order valence-electron chi connectivity index (χ3n) is 4.40. The maximum absolute atomic E-state index is 13.1. The van der Waals surface area contributed by atoms with E-state index in [1.165, 1.54) is 6.92 Å². The molecule has 2 aromatic rings. The molecule has 0 unspecified atom stereocenters. The quantitative estimate of drug-likeness (QED) is 0.678. The zero-order valence-electron chi connectivity index (χ0n) is 16.0. The lowest BCUT2D eigenvalue weighted by atomic mass is 9.99. The molecule has 8 heteroatoms. The summed E-state index contributed by atoms with van der Waals surface area (Å²) in [5.74, 6) is -3.06. The molecule has 1 saturated heterocycles. The van der Waals surface area contributed by atoms with E-state index >= 15 is 0 Å². The van der Waals surface area contributed by atoms with E-state index in [2.05, 4.69) is 22.5 Å². The molecule has 1 aliphatic heterocycles. The van der Waals surface area contributed by atoms with E-state index in [9.17, 15) is 19.2 Å². The highest BCUT2D eigenvalue weighted by Crippen LogP contribution is 2.29. The van der Waals surface area contributed by atoms with Crippen LogP contribution in [0.15, 0.2) is 60.8 Å². The minimum Gasteiger partial charge on any atom is -0.357 e. The Morgan fingerprint density at radius 3 is 2.21 bits per heavy atom. The highest BCUT2D eigenvalue weighted by Gasteiger charge is 2.43. The highest BCUT2D eigenvalue weighted by molar-refractivity contribution is 6.29. The van der Waals surface area contributed by atoms with Gasteiger partial charge >= 0.3 is 6.03 Å². The molecule has 1 fully saturated rings. The Labute approximate surface area is 167 Å². The summed E-state index contributed by atoms with van der Waals surface area (Å²) in [6.45, 7) is 6.96. The summed E-state index contributed by atoms with van der Waals surface area (Å²) in [7, 11) is 0. The first-order valence-corrected chi connectivity index (χ1v) is 8.86. The van der Waals surface area contributed by atoms with E-state index in [0.717, 1.165) is 4.90 Å². The summed E-state index contributed by atoms with van der Waals surface area (Å²) in [6.07, 6.45) is 0. The maximum atomic E-state index is 13.1. The van der Waals surface area contributed by atoms with Gasteiger partial charge in [0.1, 0.15) is 0 Å². The molecule has 1 aliphatic rings. The number of carbonyl (C=O) groups is 4. The number of anilines is 3. The summed E-state index contributed by atoms with van der Waals surface area (Å²) in [5.41, 5.74) is 2.11. The molecule has 0 aliphatic carbocycles. The van der Waals surface area contributed by atoms with Gasteiger partial charge in [-0.05, 0) is 30.7 Å². The van der Waals surface area contributed by atoms with Crippen LogP contribution in [0, 0.1) is 12.8 Å². The smallest absolute Gasteiger partial charge is 0.335 e. The normalized spacial score (nSPS) is 16.3. The first-order chi connectivity index (χ1) is 13.8. The van der Waals surface area contributed by atoms with Gasteiger partial charge in [-0.2, -0.15) is 0 Å². The van der Waals surface area contributed by atoms with Gasteiger partial charge in [-0.1, -0.05) is 36.9 Å². The second-order valence-corrected chi connectivity index (χ2v) is 6.56. The minimum atomic E-state index is -1.32. The molecule has 5 amide bonds. The molecule has 8 nitrogen and oxygen atoms in total. The highest BCUT2D eigenvalue weighted by atomic mass is 16.2. The topological polar surface area (TPSA) is 108 Å². The number of aryl methyl sites for hydroxylation is 1. The Kier molecular flexibility index (Phi) is 5.45. The van der Waals surface area contributed by atoms with Crippen molar-refractivity contribution in [3.8, 4) is 0 Å². The Bertz CT molecular complexity index is 1030. The summed E-state index contributed by atoms with van der Waals surface area (Å²) in [5, 5.41) is 7.79.